The molecule has 13 heavy (non-hydrogen) atoms. The molecule has 0 bridgehead atoms. The number of rotatable bonds is 5. The van der Waals surface area contributed by atoms with E-state index in [1.165, 1.54) is 7.11 Å². The predicted octanol–water partition coefficient (Wildman–Crippen LogP) is 0.548. The second-order valence-electron chi connectivity index (χ2n) is 3.45. The molecule has 2 atom stereocenters. The average Bonchev–Trinajstić information content (AvgIpc) is 2.04. The van der Waals surface area contributed by atoms with Crippen LogP contribution in [0.25, 0.3) is 0 Å². The van der Waals surface area contributed by atoms with E-state index in [4.69, 9.17) is 15.2 Å². The summed E-state index contributed by atoms with van der Waals surface area (Å²) in [7, 11) is 1.50. The summed E-state index contributed by atoms with van der Waals surface area (Å²) < 4.78 is 9.82. The monoisotopic (exact) mass is 189 g/mol. The van der Waals surface area contributed by atoms with E-state index >= 15 is 0 Å². The van der Waals surface area contributed by atoms with E-state index in [-0.39, 0.29) is 12.7 Å². The van der Waals surface area contributed by atoms with Gasteiger partial charge in [0, 0.05) is 7.11 Å². The molecule has 2 unspecified atom stereocenters. The summed E-state index contributed by atoms with van der Waals surface area (Å²) in [5.74, 6) is -0.0956. The SMILES string of the molecule is COCC(N)C(=O)OC(C)C(C)C. The molecule has 0 amide bonds. The van der Waals surface area contributed by atoms with Gasteiger partial charge in [-0.3, -0.25) is 4.79 Å². The van der Waals surface area contributed by atoms with Crippen molar-refractivity contribution in [3.05, 3.63) is 0 Å². The van der Waals surface area contributed by atoms with Gasteiger partial charge in [-0.05, 0) is 12.8 Å². The van der Waals surface area contributed by atoms with Gasteiger partial charge in [0.2, 0.25) is 0 Å². The van der Waals surface area contributed by atoms with Crippen molar-refractivity contribution in [3.8, 4) is 0 Å². The van der Waals surface area contributed by atoms with Crippen LogP contribution in [0.15, 0.2) is 0 Å². The first-order chi connectivity index (χ1) is 5.99. The van der Waals surface area contributed by atoms with Crippen molar-refractivity contribution < 1.29 is 14.3 Å². The van der Waals surface area contributed by atoms with Crippen LogP contribution in [0.4, 0.5) is 0 Å². The normalized spacial score (nSPS) is 15.5. The Kier molecular flexibility index (Phi) is 5.66. The summed E-state index contributed by atoms with van der Waals surface area (Å²) in [6, 6.07) is -0.675. The number of carbonyl (C=O) groups is 1. The third kappa shape index (κ3) is 4.85. The molecule has 0 saturated heterocycles. The van der Waals surface area contributed by atoms with Crippen LogP contribution in [0, 0.1) is 5.92 Å². The van der Waals surface area contributed by atoms with Gasteiger partial charge in [-0.1, -0.05) is 13.8 Å². The van der Waals surface area contributed by atoms with Gasteiger partial charge in [-0.25, -0.2) is 0 Å². The number of methoxy groups -OCH3 is 1. The summed E-state index contributed by atoms with van der Waals surface area (Å²) in [4.78, 5) is 11.2. The van der Waals surface area contributed by atoms with Crippen LogP contribution < -0.4 is 5.73 Å². The van der Waals surface area contributed by atoms with Crippen LogP contribution in [0.5, 0.6) is 0 Å². The van der Waals surface area contributed by atoms with E-state index in [9.17, 15) is 4.79 Å². The Morgan fingerprint density at radius 2 is 1.92 bits per heavy atom. The van der Waals surface area contributed by atoms with Gasteiger partial charge in [0.15, 0.2) is 0 Å². The first-order valence-corrected chi connectivity index (χ1v) is 4.44. The van der Waals surface area contributed by atoms with Crippen LogP contribution in [0.2, 0.25) is 0 Å². The zero-order valence-electron chi connectivity index (χ0n) is 8.74. The van der Waals surface area contributed by atoms with Crippen molar-refractivity contribution in [3.63, 3.8) is 0 Å². The van der Waals surface area contributed by atoms with Crippen molar-refractivity contribution in [1.29, 1.82) is 0 Å². The Bertz CT molecular complexity index is 159. The molecule has 78 valence electrons. The molecule has 2 N–H and O–H groups in total. The van der Waals surface area contributed by atoms with Gasteiger partial charge in [0.1, 0.15) is 12.1 Å². The molecule has 0 heterocycles. The zero-order valence-corrected chi connectivity index (χ0v) is 8.74. The summed E-state index contributed by atoms with van der Waals surface area (Å²) in [6.45, 7) is 6.02. The zero-order chi connectivity index (χ0) is 10.4. The van der Waals surface area contributed by atoms with Crippen LogP contribution in [-0.2, 0) is 14.3 Å². The van der Waals surface area contributed by atoms with E-state index in [2.05, 4.69) is 0 Å². The quantitative estimate of drug-likeness (QED) is 0.641. The highest BCUT2D eigenvalue weighted by Crippen LogP contribution is 2.06. The lowest BCUT2D eigenvalue weighted by Crippen LogP contribution is -2.38. The van der Waals surface area contributed by atoms with E-state index in [0.29, 0.717) is 5.92 Å². The van der Waals surface area contributed by atoms with Crippen molar-refractivity contribution in [1.82, 2.24) is 0 Å². The molecule has 0 saturated carbocycles. The molecule has 0 aromatic carbocycles. The van der Waals surface area contributed by atoms with Gasteiger partial charge in [0.05, 0.1) is 6.61 Å². The lowest BCUT2D eigenvalue weighted by Gasteiger charge is -2.18. The number of hydrogen-bond acceptors (Lipinski definition) is 4. The predicted molar refractivity (Wildman–Crippen MR) is 50.2 cm³/mol. The fraction of sp³-hybridized carbons (Fsp3) is 0.889. The third-order valence-corrected chi connectivity index (χ3v) is 1.89. The van der Waals surface area contributed by atoms with Gasteiger partial charge < -0.3 is 15.2 Å². The van der Waals surface area contributed by atoms with Crippen molar-refractivity contribution in [2.24, 2.45) is 11.7 Å². The standard InChI is InChI=1S/C9H19NO3/c1-6(2)7(3)13-9(11)8(10)5-12-4/h6-8H,5,10H2,1-4H3. The highest BCUT2D eigenvalue weighted by molar-refractivity contribution is 5.75. The number of carbonyl (C=O) groups excluding carboxylic acids is 1. The van der Waals surface area contributed by atoms with E-state index in [1.807, 2.05) is 20.8 Å². The molecule has 0 aromatic rings. The smallest absolute Gasteiger partial charge is 0.325 e. The maximum Gasteiger partial charge on any atom is 0.325 e. The number of esters is 1. The molecular formula is C9H19NO3. The summed E-state index contributed by atoms with van der Waals surface area (Å²) in [5.41, 5.74) is 5.48. The largest absolute Gasteiger partial charge is 0.461 e. The topological polar surface area (TPSA) is 61.5 Å². The molecule has 0 spiro atoms. The first-order valence-electron chi connectivity index (χ1n) is 4.44. The molecule has 0 fully saturated rings. The Morgan fingerprint density at radius 3 is 2.31 bits per heavy atom. The first kappa shape index (κ1) is 12.4. The minimum absolute atomic E-state index is 0.101. The van der Waals surface area contributed by atoms with Crippen molar-refractivity contribution in [2.45, 2.75) is 32.9 Å². The summed E-state index contributed by atoms with van der Waals surface area (Å²) in [6.07, 6.45) is -0.101. The second-order valence-corrected chi connectivity index (χ2v) is 3.45. The Balaban J connectivity index is 3.85. The molecule has 0 rings (SSSR count). The lowest BCUT2D eigenvalue weighted by molar-refractivity contribution is -0.153. The van der Waals surface area contributed by atoms with Crippen LogP contribution in [0.1, 0.15) is 20.8 Å². The molecule has 0 aliphatic heterocycles. The molecule has 4 heteroatoms. The van der Waals surface area contributed by atoms with E-state index in [1.54, 1.807) is 0 Å². The average molecular weight is 189 g/mol. The molecule has 0 aliphatic carbocycles. The Hall–Kier alpha value is -0.610. The second kappa shape index (κ2) is 5.94. The molecular weight excluding hydrogens is 170 g/mol. The highest BCUT2D eigenvalue weighted by atomic mass is 16.5. The molecule has 0 aromatic heterocycles. The van der Waals surface area contributed by atoms with Crippen molar-refractivity contribution >= 4 is 5.97 Å². The third-order valence-electron chi connectivity index (χ3n) is 1.89. The minimum Gasteiger partial charge on any atom is -0.461 e. The summed E-state index contributed by atoms with van der Waals surface area (Å²) in [5, 5.41) is 0. The van der Waals surface area contributed by atoms with Crippen LogP contribution in [0.3, 0.4) is 0 Å². The maximum atomic E-state index is 11.2. The molecule has 0 radical (unpaired) electrons. The molecule has 0 aliphatic rings. The Labute approximate surface area is 79.4 Å². The van der Waals surface area contributed by atoms with Crippen LogP contribution in [-0.4, -0.2) is 31.8 Å². The van der Waals surface area contributed by atoms with E-state index in [0.717, 1.165) is 0 Å². The number of nitrogens with two attached hydrogens (primary N) is 1. The van der Waals surface area contributed by atoms with Gasteiger partial charge >= 0.3 is 5.97 Å². The van der Waals surface area contributed by atoms with E-state index < -0.39 is 12.0 Å². The van der Waals surface area contributed by atoms with Crippen molar-refractivity contribution in [2.75, 3.05) is 13.7 Å². The highest BCUT2D eigenvalue weighted by Gasteiger charge is 2.19. The van der Waals surface area contributed by atoms with Gasteiger partial charge in [-0.15, -0.1) is 0 Å². The minimum atomic E-state index is -0.675. The lowest BCUT2D eigenvalue weighted by atomic mass is 10.1. The fourth-order valence-electron chi connectivity index (χ4n) is 0.654. The number of ether oxygens (including phenoxy) is 2. The van der Waals surface area contributed by atoms with Gasteiger partial charge in [0.25, 0.3) is 0 Å². The number of hydrogen-bond donors (Lipinski definition) is 1. The van der Waals surface area contributed by atoms with Crippen LogP contribution >= 0.6 is 0 Å². The summed E-state index contributed by atoms with van der Waals surface area (Å²) >= 11 is 0. The fourth-order valence-corrected chi connectivity index (χ4v) is 0.654. The molecule has 4 nitrogen and oxygen atoms in total. The maximum absolute atomic E-state index is 11.2. The Morgan fingerprint density at radius 1 is 1.38 bits per heavy atom. The van der Waals surface area contributed by atoms with Gasteiger partial charge in [-0.2, -0.15) is 0 Å².